The summed E-state index contributed by atoms with van der Waals surface area (Å²) in [4.78, 5) is 16.7. The summed E-state index contributed by atoms with van der Waals surface area (Å²) in [6.07, 6.45) is 0.556. The van der Waals surface area contributed by atoms with E-state index in [4.69, 9.17) is 25.9 Å². The fraction of sp³-hybridized carbons (Fsp3) is 0.529. The first-order valence-electron chi connectivity index (χ1n) is 8.03. The largest absolute Gasteiger partial charge is 0.478 e. The maximum absolute atomic E-state index is 13.9. The smallest absolute Gasteiger partial charge is 0.346 e. The van der Waals surface area contributed by atoms with E-state index < -0.39 is 24.0 Å². The second-order valence-electron chi connectivity index (χ2n) is 5.53. The first kappa shape index (κ1) is 19.5. The van der Waals surface area contributed by atoms with Gasteiger partial charge in [0.25, 0.3) is 0 Å². The summed E-state index contributed by atoms with van der Waals surface area (Å²) in [5, 5.41) is 3.90. The number of halogens is 2. The van der Waals surface area contributed by atoms with Crippen molar-refractivity contribution in [3.63, 3.8) is 0 Å². The van der Waals surface area contributed by atoms with Gasteiger partial charge in [0, 0.05) is 18.2 Å². The lowest BCUT2D eigenvalue weighted by atomic mass is 10.0. The SMILES string of the molecule is CCCCOC1CON=C1c1cc(Cl)c(F)cc1OC(C)C(=O)OC. The average molecular weight is 374 g/mol. The van der Waals surface area contributed by atoms with Gasteiger partial charge in [-0.2, -0.15) is 0 Å². The molecule has 0 fully saturated rings. The Hall–Kier alpha value is -1.86. The van der Waals surface area contributed by atoms with Crippen molar-refractivity contribution in [2.45, 2.75) is 38.9 Å². The van der Waals surface area contributed by atoms with Crippen LogP contribution in [0.15, 0.2) is 17.3 Å². The first-order valence-corrected chi connectivity index (χ1v) is 8.41. The number of hydrogen-bond acceptors (Lipinski definition) is 6. The molecule has 2 rings (SSSR count). The minimum absolute atomic E-state index is 0.0880. The molecule has 2 atom stereocenters. The number of esters is 1. The summed E-state index contributed by atoms with van der Waals surface area (Å²) in [7, 11) is 1.25. The second-order valence-corrected chi connectivity index (χ2v) is 5.94. The lowest BCUT2D eigenvalue weighted by Gasteiger charge is -2.18. The Balaban J connectivity index is 2.29. The molecule has 1 aromatic carbocycles. The highest BCUT2D eigenvalue weighted by atomic mass is 35.5. The van der Waals surface area contributed by atoms with Crippen LogP contribution < -0.4 is 4.74 Å². The van der Waals surface area contributed by atoms with Crippen LogP contribution in [0.1, 0.15) is 32.3 Å². The van der Waals surface area contributed by atoms with Crippen molar-refractivity contribution in [1.29, 1.82) is 0 Å². The van der Waals surface area contributed by atoms with Crippen LogP contribution in [0.4, 0.5) is 4.39 Å². The molecule has 0 aromatic heterocycles. The number of ether oxygens (including phenoxy) is 3. The average Bonchev–Trinajstić information content (AvgIpc) is 3.05. The van der Waals surface area contributed by atoms with Gasteiger partial charge in [0.05, 0.1) is 12.1 Å². The van der Waals surface area contributed by atoms with E-state index >= 15 is 0 Å². The Morgan fingerprint density at radius 3 is 2.96 bits per heavy atom. The van der Waals surface area contributed by atoms with E-state index in [1.54, 1.807) is 0 Å². The maximum atomic E-state index is 13.9. The summed E-state index contributed by atoms with van der Waals surface area (Å²) in [6.45, 7) is 4.36. The van der Waals surface area contributed by atoms with Crippen molar-refractivity contribution in [2.75, 3.05) is 20.3 Å². The van der Waals surface area contributed by atoms with Crippen molar-refractivity contribution >= 4 is 23.3 Å². The normalized spacial score (nSPS) is 17.6. The quantitative estimate of drug-likeness (QED) is 0.516. The number of carbonyl (C=O) groups excluding carboxylic acids is 1. The summed E-state index contributed by atoms with van der Waals surface area (Å²) < 4.78 is 29.8. The number of methoxy groups -OCH3 is 1. The molecule has 0 aliphatic carbocycles. The van der Waals surface area contributed by atoms with Crippen LogP contribution >= 0.6 is 11.6 Å². The number of unbranched alkanes of at least 4 members (excludes halogenated alkanes) is 1. The maximum Gasteiger partial charge on any atom is 0.346 e. The van der Waals surface area contributed by atoms with Crippen molar-refractivity contribution < 1.29 is 28.2 Å². The molecule has 1 aromatic rings. The first-order chi connectivity index (χ1) is 12.0. The van der Waals surface area contributed by atoms with Crippen molar-refractivity contribution in [3.8, 4) is 5.75 Å². The zero-order valence-corrected chi connectivity index (χ0v) is 15.1. The van der Waals surface area contributed by atoms with Gasteiger partial charge in [-0.15, -0.1) is 0 Å². The standard InChI is InChI=1S/C17H21ClFNO5/c1-4-5-6-23-15-9-24-20-16(15)11-7-12(18)13(19)8-14(11)25-10(2)17(21)22-3/h7-8,10,15H,4-6,9H2,1-3H3. The van der Waals surface area contributed by atoms with E-state index in [9.17, 15) is 9.18 Å². The van der Waals surface area contributed by atoms with Gasteiger partial charge in [-0.1, -0.05) is 30.1 Å². The minimum atomic E-state index is -0.924. The Bertz CT molecular complexity index is 652. The molecule has 25 heavy (non-hydrogen) atoms. The highest BCUT2D eigenvalue weighted by Gasteiger charge is 2.30. The Kier molecular flexibility index (Phi) is 7.01. The highest BCUT2D eigenvalue weighted by molar-refractivity contribution is 6.31. The molecular weight excluding hydrogens is 353 g/mol. The zero-order chi connectivity index (χ0) is 18.4. The lowest BCUT2D eigenvalue weighted by Crippen LogP contribution is -2.28. The molecule has 0 amide bonds. The van der Waals surface area contributed by atoms with E-state index in [1.807, 2.05) is 0 Å². The van der Waals surface area contributed by atoms with Crippen molar-refractivity contribution in [2.24, 2.45) is 5.16 Å². The molecule has 0 N–H and O–H groups in total. The number of hydrogen-bond donors (Lipinski definition) is 0. The van der Waals surface area contributed by atoms with Gasteiger partial charge in [0.1, 0.15) is 30.0 Å². The summed E-state index contributed by atoms with van der Waals surface area (Å²) >= 11 is 5.91. The van der Waals surface area contributed by atoms with Gasteiger partial charge in [-0.25, -0.2) is 9.18 Å². The molecule has 0 spiro atoms. The lowest BCUT2D eigenvalue weighted by molar-refractivity contribution is -0.147. The van der Waals surface area contributed by atoms with Crippen LogP contribution in [0.5, 0.6) is 5.75 Å². The molecule has 1 aliphatic heterocycles. The van der Waals surface area contributed by atoms with E-state index in [1.165, 1.54) is 20.1 Å². The number of nitrogens with zero attached hydrogens (tertiary/aromatic N) is 1. The second kappa shape index (κ2) is 9.01. The van der Waals surface area contributed by atoms with Crippen LogP contribution in [-0.4, -0.2) is 44.2 Å². The van der Waals surface area contributed by atoms with E-state index in [2.05, 4.69) is 16.8 Å². The molecule has 0 saturated carbocycles. The number of benzene rings is 1. The van der Waals surface area contributed by atoms with Crippen LogP contribution in [0.2, 0.25) is 5.02 Å². The third-order valence-electron chi connectivity index (χ3n) is 3.65. The Morgan fingerprint density at radius 2 is 2.28 bits per heavy atom. The molecule has 2 unspecified atom stereocenters. The van der Waals surface area contributed by atoms with Gasteiger partial charge in [-0.3, -0.25) is 0 Å². The van der Waals surface area contributed by atoms with Crippen LogP contribution in [-0.2, 0) is 19.1 Å². The molecule has 0 radical (unpaired) electrons. The third-order valence-corrected chi connectivity index (χ3v) is 3.94. The van der Waals surface area contributed by atoms with Crippen molar-refractivity contribution in [1.82, 2.24) is 0 Å². The monoisotopic (exact) mass is 373 g/mol. The van der Waals surface area contributed by atoms with Gasteiger partial charge >= 0.3 is 5.97 Å². The summed E-state index contributed by atoms with van der Waals surface area (Å²) in [5.74, 6) is -1.13. The predicted molar refractivity (Wildman–Crippen MR) is 90.7 cm³/mol. The van der Waals surface area contributed by atoms with Gasteiger partial charge in [-0.05, 0) is 19.4 Å². The van der Waals surface area contributed by atoms with Gasteiger partial charge in [0.15, 0.2) is 6.10 Å². The Morgan fingerprint density at radius 1 is 1.52 bits per heavy atom. The molecule has 0 saturated heterocycles. The fourth-order valence-electron chi connectivity index (χ4n) is 2.26. The topological polar surface area (TPSA) is 66.3 Å². The molecular formula is C17H21ClFNO5. The highest BCUT2D eigenvalue weighted by Crippen LogP contribution is 2.30. The summed E-state index contributed by atoms with van der Waals surface area (Å²) in [5.41, 5.74) is 0.867. The van der Waals surface area contributed by atoms with Gasteiger partial charge in [0.2, 0.25) is 0 Å². The Labute approximate surface area is 150 Å². The number of oxime groups is 1. The fourth-order valence-corrected chi connectivity index (χ4v) is 2.43. The van der Waals surface area contributed by atoms with E-state index in [0.717, 1.165) is 18.9 Å². The zero-order valence-electron chi connectivity index (χ0n) is 14.4. The number of rotatable bonds is 8. The van der Waals surface area contributed by atoms with Crippen molar-refractivity contribution in [3.05, 3.63) is 28.5 Å². The molecule has 8 heteroatoms. The minimum Gasteiger partial charge on any atom is -0.478 e. The van der Waals surface area contributed by atoms with Crippen LogP contribution in [0, 0.1) is 5.82 Å². The number of carbonyl (C=O) groups is 1. The molecule has 1 heterocycles. The molecule has 138 valence electrons. The van der Waals surface area contributed by atoms with E-state index in [0.29, 0.717) is 17.9 Å². The predicted octanol–water partition coefficient (Wildman–Crippen LogP) is 3.34. The molecule has 0 bridgehead atoms. The molecule has 6 nitrogen and oxygen atoms in total. The molecule has 1 aliphatic rings. The summed E-state index contributed by atoms with van der Waals surface area (Å²) in [6, 6.07) is 2.50. The van der Waals surface area contributed by atoms with Gasteiger partial charge < -0.3 is 19.0 Å². The van der Waals surface area contributed by atoms with E-state index in [-0.39, 0.29) is 17.4 Å². The van der Waals surface area contributed by atoms with Crippen LogP contribution in [0.3, 0.4) is 0 Å². The van der Waals surface area contributed by atoms with Crippen LogP contribution in [0.25, 0.3) is 0 Å². The third kappa shape index (κ3) is 4.83.